The average Bonchev–Trinajstić information content (AvgIpc) is 2.95. The molecule has 0 aliphatic heterocycles. The predicted octanol–water partition coefficient (Wildman–Crippen LogP) is 4.05. The van der Waals surface area contributed by atoms with E-state index in [0.29, 0.717) is 22.3 Å². The number of para-hydroxylation sites is 1. The second-order valence-electron chi connectivity index (χ2n) is 4.50. The van der Waals surface area contributed by atoms with Crippen LogP contribution in [-0.4, -0.2) is 21.1 Å². The van der Waals surface area contributed by atoms with Crippen LogP contribution in [-0.2, 0) is 0 Å². The molecule has 3 rings (SSSR count). The molecular weight excluding hydrogens is 380 g/mol. The number of hydrogen-bond donors (Lipinski definition) is 1. The van der Waals surface area contributed by atoms with Crippen molar-refractivity contribution in [1.82, 2.24) is 15.2 Å². The molecule has 0 fully saturated rings. The Balaban J connectivity index is 1.69. The number of aromatic nitrogens is 3. The molecule has 0 saturated heterocycles. The van der Waals surface area contributed by atoms with Crippen LogP contribution in [0.1, 0.15) is 15.4 Å². The molecule has 0 radical (unpaired) electrons. The number of carbonyl (C=O) groups excluding carboxylic acids is 1. The first-order valence-electron chi connectivity index (χ1n) is 6.62. The fourth-order valence-corrected chi connectivity index (χ4v) is 2.68. The molecule has 0 saturated carbocycles. The Morgan fingerprint density at radius 1 is 1.22 bits per heavy atom. The topological polar surface area (TPSA) is 77.0 Å². The number of pyridine rings is 1. The van der Waals surface area contributed by atoms with Crippen molar-refractivity contribution in [2.75, 3.05) is 5.32 Å². The summed E-state index contributed by atoms with van der Waals surface area (Å²) in [5.41, 5.74) is 0.414. The second kappa shape index (κ2) is 6.84. The van der Waals surface area contributed by atoms with Crippen molar-refractivity contribution in [1.29, 1.82) is 0 Å². The Hall–Kier alpha value is -2.32. The van der Waals surface area contributed by atoms with Gasteiger partial charge in [-0.3, -0.25) is 10.1 Å². The number of benzene rings is 1. The number of aryl methyl sites for hydroxylation is 1. The molecule has 0 spiro atoms. The number of hydrogen-bond acceptors (Lipinski definition) is 6. The third-order valence-electron chi connectivity index (χ3n) is 2.80. The normalized spacial score (nSPS) is 10.3. The van der Waals surface area contributed by atoms with E-state index in [-0.39, 0.29) is 5.91 Å². The van der Waals surface area contributed by atoms with Crippen molar-refractivity contribution in [2.45, 2.75) is 6.92 Å². The number of rotatable bonds is 4. The third kappa shape index (κ3) is 3.91. The van der Waals surface area contributed by atoms with Crippen LogP contribution in [0.4, 0.5) is 5.13 Å². The summed E-state index contributed by atoms with van der Waals surface area (Å²) in [5.74, 6) is 0.767. The maximum Gasteiger partial charge on any atom is 0.259 e. The highest BCUT2D eigenvalue weighted by atomic mass is 79.9. The highest BCUT2D eigenvalue weighted by Crippen LogP contribution is 2.28. The van der Waals surface area contributed by atoms with E-state index in [2.05, 4.69) is 36.4 Å². The molecule has 0 unspecified atom stereocenters. The van der Waals surface area contributed by atoms with E-state index in [4.69, 9.17) is 4.74 Å². The molecule has 0 atom stereocenters. The molecule has 1 amide bonds. The predicted molar refractivity (Wildman–Crippen MR) is 91.1 cm³/mol. The van der Waals surface area contributed by atoms with Crippen LogP contribution >= 0.6 is 27.3 Å². The van der Waals surface area contributed by atoms with Crippen molar-refractivity contribution in [3.05, 3.63) is 57.6 Å². The fourth-order valence-electron chi connectivity index (χ4n) is 1.73. The summed E-state index contributed by atoms with van der Waals surface area (Å²) < 4.78 is 6.48. The first kappa shape index (κ1) is 15.6. The van der Waals surface area contributed by atoms with Gasteiger partial charge >= 0.3 is 0 Å². The standard InChI is InChI=1S/C15H11BrN4O2S/c1-9-19-20-15(23-9)18-14(21)10-6-7-13(17-8-10)22-12-5-3-2-4-11(12)16/h2-8H,1H3,(H,18,20,21). The summed E-state index contributed by atoms with van der Waals surface area (Å²) in [6.45, 7) is 1.82. The van der Waals surface area contributed by atoms with Gasteiger partial charge < -0.3 is 4.74 Å². The van der Waals surface area contributed by atoms with Gasteiger partial charge in [-0.1, -0.05) is 23.5 Å². The monoisotopic (exact) mass is 390 g/mol. The summed E-state index contributed by atoms with van der Waals surface area (Å²) in [5, 5.41) is 11.6. The van der Waals surface area contributed by atoms with Gasteiger partial charge in [0.15, 0.2) is 0 Å². The van der Waals surface area contributed by atoms with Crippen LogP contribution in [0.3, 0.4) is 0 Å². The first-order valence-corrected chi connectivity index (χ1v) is 8.22. The molecule has 8 heteroatoms. The Labute approximate surface area is 144 Å². The Kier molecular flexibility index (Phi) is 4.63. The third-order valence-corrected chi connectivity index (χ3v) is 4.21. The van der Waals surface area contributed by atoms with Crippen molar-refractivity contribution >= 4 is 38.3 Å². The van der Waals surface area contributed by atoms with Gasteiger partial charge in [-0.2, -0.15) is 0 Å². The smallest absolute Gasteiger partial charge is 0.259 e. The number of halogens is 1. The summed E-state index contributed by atoms with van der Waals surface area (Å²) in [6.07, 6.45) is 1.45. The first-order chi connectivity index (χ1) is 11.1. The highest BCUT2D eigenvalue weighted by Gasteiger charge is 2.10. The Morgan fingerprint density at radius 3 is 2.70 bits per heavy atom. The van der Waals surface area contributed by atoms with Crippen LogP contribution in [0.2, 0.25) is 0 Å². The average molecular weight is 391 g/mol. The minimum atomic E-state index is -0.291. The molecule has 0 bridgehead atoms. The van der Waals surface area contributed by atoms with Gasteiger partial charge in [0, 0.05) is 12.3 Å². The molecule has 1 aromatic carbocycles. The molecular formula is C15H11BrN4O2S. The number of nitrogens with zero attached hydrogens (tertiary/aromatic N) is 3. The Morgan fingerprint density at radius 2 is 2.04 bits per heavy atom. The number of ether oxygens (including phenoxy) is 1. The summed E-state index contributed by atoms with van der Waals surface area (Å²) >= 11 is 4.71. The van der Waals surface area contributed by atoms with Crippen LogP contribution < -0.4 is 10.1 Å². The van der Waals surface area contributed by atoms with Crippen LogP contribution in [0.5, 0.6) is 11.6 Å². The van der Waals surface area contributed by atoms with Gasteiger partial charge in [-0.05, 0) is 41.1 Å². The molecule has 6 nitrogen and oxygen atoms in total. The van der Waals surface area contributed by atoms with E-state index >= 15 is 0 Å². The second-order valence-corrected chi connectivity index (χ2v) is 6.53. The van der Waals surface area contributed by atoms with E-state index in [9.17, 15) is 4.79 Å². The molecule has 116 valence electrons. The van der Waals surface area contributed by atoms with Gasteiger partial charge in [0.25, 0.3) is 5.91 Å². The largest absolute Gasteiger partial charge is 0.438 e. The summed E-state index contributed by atoms with van der Waals surface area (Å²) in [6, 6.07) is 10.7. The quantitative estimate of drug-likeness (QED) is 0.726. The van der Waals surface area contributed by atoms with Crippen molar-refractivity contribution in [3.63, 3.8) is 0 Å². The van der Waals surface area contributed by atoms with E-state index < -0.39 is 0 Å². The Bertz CT molecular complexity index is 836. The van der Waals surface area contributed by atoms with Crippen molar-refractivity contribution < 1.29 is 9.53 Å². The molecule has 3 aromatic rings. The number of nitrogens with one attached hydrogen (secondary N) is 1. The minimum Gasteiger partial charge on any atom is -0.438 e. The summed E-state index contributed by atoms with van der Waals surface area (Å²) in [4.78, 5) is 16.2. The lowest BCUT2D eigenvalue weighted by atomic mass is 10.3. The van der Waals surface area contributed by atoms with Gasteiger partial charge in [-0.25, -0.2) is 4.98 Å². The number of amides is 1. The number of carbonyl (C=O) groups is 1. The van der Waals surface area contributed by atoms with E-state index in [1.54, 1.807) is 12.1 Å². The SMILES string of the molecule is Cc1nnc(NC(=O)c2ccc(Oc3ccccc3Br)nc2)s1. The molecule has 0 aliphatic rings. The van der Waals surface area contributed by atoms with Crippen LogP contribution in [0.15, 0.2) is 47.1 Å². The molecule has 23 heavy (non-hydrogen) atoms. The lowest BCUT2D eigenvalue weighted by molar-refractivity contribution is 0.102. The fraction of sp³-hybridized carbons (Fsp3) is 0.0667. The van der Waals surface area contributed by atoms with Gasteiger partial charge in [0.2, 0.25) is 11.0 Å². The van der Waals surface area contributed by atoms with Gasteiger partial charge in [0.1, 0.15) is 10.8 Å². The van der Waals surface area contributed by atoms with Crippen molar-refractivity contribution in [2.24, 2.45) is 0 Å². The maximum atomic E-state index is 12.1. The maximum absolute atomic E-state index is 12.1. The molecule has 2 aromatic heterocycles. The zero-order valence-corrected chi connectivity index (χ0v) is 14.4. The molecule has 2 heterocycles. The van der Waals surface area contributed by atoms with E-state index in [1.807, 2.05) is 31.2 Å². The highest BCUT2D eigenvalue weighted by molar-refractivity contribution is 9.10. The zero-order valence-electron chi connectivity index (χ0n) is 12.0. The molecule has 1 N–H and O–H groups in total. The number of anilines is 1. The van der Waals surface area contributed by atoms with Crippen LogP contribution in [0, 0.1) is 6.92 Å². The molecule has 0 aliphatic carbocycles. The van der Waals surface area contributed by atoms with E-state index in [1.165, 1.54) is 17.5 Å². The van der Waals surface area contributed by atoms with Gasteiger partial charge in [-0.15, -0.1) is 10.2 Å². The van der Waals surface area contributed by atoms with Crippen molar-refractivity contribution in [3.8, 4) is 11.6 Å². The lowest BCUT2D eigenvalue weighted by Crippen LogP contribution is -2.12. The lowest BCUT2D eigenvalue weighted by Gasteiger charge is -2.07. The summed E-state index contributed by atoms with van der Waals surface area (Å²) in [7, 11) is 0. The minimum absolute atomic E-state index is 0.291. The van der Waals surface area contributed by atoms with Gasteiger partial charge in [0.05, 0.1) is 10.0 Å². The zero-order chi connectivity index (χ0) is 16.2. The van der Waals surface area contributed by atoms with Crippen LogP contribution in [0.25, 0.3) is 0 Å². The van der Waals surface area contributed by atoms with E-state index in [0.717, 1.165) is 9.48 Å².